The minimum Gasteiger partial charge on any atom is -0.493 e. The normalized spacial score (nSPS) is 12.0. The lowest BCUT2D eigenvalue weighted by molar-refractivity contribution is 0.354. The average molecular weight is 351 g/mol. The number of hydrogen-bond donors (Lipinski definition) is 1. The molecule has 112 valence electrons. The van der Waals surface area contributed by atoms with Gasteiger partial charge in [-0.15, -0.1) is 0 Å². The van der Waals surface area contributed by atoms with Gasteiger partial charge < -0.3 is 14.8 Å². The van der Waals surface area contributed by atoms with Crippen LogP contribution in [0.25, 0.3) is 0 Å². The number of methoxy groups -OCH3 is 2. The summed E-state index contributed by atoms with van der Waals surface area (Å²) in [6, 6.07) is 10.1. The SMILES string of the molecule is COc1ccc(C(C)NCc2ccc(Br)cn2)cc1OC. The quantitative estimate of drug-likeness (QED) is 0.862. The molecule has 4 nitrogen and oxygen atoms in total. The lowest BCUT2D eigenvalue weighted by Crippen LogP contribution is -2.18. The molecule has 1 aromatic heterocycles. The highest BCUT2D eigenvalue weighted by atomic mass is 79.9. The Morgan fingerprint density at radius 2 is 1.90 bits per heavy atom. The summed E-state index contributed by atoms with van der Waals surface area (Å²) in [5.41, 5.74) is 2.15. The number of pyridine rings is 1. The molecule has 5 heteroatoms. The molecule has 0 saturated carbocycles. The van der Waals surface area contributed by atoms with Gasteiger partial charge in [-0.1, -0.05) is 6.07 Å². The molecule has 21 heavy (non-hydrogen) atoms. The molecule has 0 aliphatic rings. The van der Waals surface area contributed by atoms with Crippen LogP contribution >= 0.6 is 15.9 Å². The lowest BCUT2D eigenvalue weighted by atomic mass is 10.1. The van der Waals surface area contributed by atoms with Crippen LogP contribution in [0.2, 0.25) is 0 Å². The van der Waals surface area contributed by atoms with Gasteiger partial charge >= 0.3 is 0 Å². The predicted octanol–water partition coefficient (Wildman–Crippen LogP) is 3.71. The number of hydrogen-bond acceptors (Lipinski definition) is 4. The first kappa shape index (κ1) is 15.8. The first-order valence-corrected chi connectivity index (χ1v) is 7.49. The van der Waals surface area contributed by atoms with E-state index in [1.165, 1.54) is 0 Å². The van der Waals surface area contributed by atoms with Crippen molar-refractivity contribution >= 4 is 15.9 Å². The molecule has 0 amide bonds. The predicted molar refractivity (Wildman–Crippen MR) is 86.7 cm³/mol. The Bertz CT molecular complexity index is 587. The van der Waals surface area contributed by atoms with E-state index in [1.54, 1.807) is 20.4 Å². The van der Waals surface area contributed by atoms with E-state index < -0.39 is 0 Å². The van der Waals surface area contributed by atoms with E-state index in [0.29, 0.717) is 6.54 Å². The Morgan fingerprint density at radius 1 is 1.14 bits per heavy atom. The summed E-state index contributed by atoms with van der Waals surface area (Å²) in [5.74, 6) is 1.48. The molecule has 2 rings (SSSR count). The lowest BCUT2D eigenvalue weighted by Gasteiger charge is -2.16. The molecule has 0 aliphatic heterocycles. The fourth-order valence-corrected chi connectivity index (χ4v) is 2.24. The minimum absolute atomic E-state index is 0.190. The van der Waals surface area contributed by atoms with Crippen molar-refractivity contribution < 1.29 is 9.47 Å². The third kappa shape index (κ3) is 4.19. The van der Waals surface area contributed by atoms with E-state index in [0.717, 1.165) is 27.2 Å². The van der Waals surface area contributed by atoms with Crippen molar-refractivity contribution in [2.45, 2.75) is 19.5 Å². The Kier molecular flexibility index (Phi) is 5.59. The number of aromatic nitrogens is 1. The van der Waals surface area contributed by atoms with Crippen molar-refractivity contribution in [1.29, 1.82) is 0 Å². The fraction of sp³-hybridized carbons (Fsp3) is 0.312. The Morgan fingerprint density at radius 3 is 2.52 bits per heavy atom. The summed E-state index contributed by atoms with van der Waals surface area (Å²) in [7, 11) is 3.28. The molecule has 1 unspecified atom stereocenters. The van der Waals surface area contributed by atoms with Crippen molar-refractivity contribution in [3.8, 4) is 11.5 Å². The summed E-state index contributed by atoms with van der Waals surface area (Å²) in [6.45, 7) is 2.82. The smallest absolute Gasteiger partial charge is 0.161 e. The zero-order valence-electron chi connectivity index (χ0n) is 12.4. The third-order valence-electron chi connectivity index (χ3n) is 3.29. The van der Waals surface area contributed by atoms with Crippen LogP contribution < -0.4 is 14.8 Å². The van der Waals surface area contributed by atoms with Crippen molar-refractivity contribution in [1.82, 2.24) is 10.3 Å². The zero-order valence-corrected chi connectivity index (χ0v) is 14.0. The highest BCUT2D eigenvalue weighted by Gasteiger charge is 2.10. The highest BCUT2D eigenvalue weighted by molar-refractivity contribution is 9.10. The number of rotatable bonds is 6. The number of halogens is 1. The molecule has 2 aromatic rings. The van der Waals surface area contributed by atoms with Crippen LogP contribution in [0.3, 0.4) is 0 Å². The van der Waals surface area contributed by atoms with Crippen LogP contribution in [0.15, 0.2) is 41.0 Å². The van der Waals surface area contributed by atoms with Gasteiger partial charge in [-0.3, -0.25) is 4.98 Å². The average Bonchev–Trinajstić information content (AvgIpc) is 2.53. The van der Waals surface area contributed by atoms with E-state index in [4.69, 9.17) is 9.47 Å². The van der Waals surface area contributed by atoms with Crippen molar-refractivity contribution in [2.24, 2.45) is 0 Å². The Labute approximate surface area is 133 Å². The van der Waals surface area contributed by atoms with Gasteiger partial charge in [0.05, 0.1) is 19.9 Å². The number of nitrogens with zero attached hydrogens (tertiary/aromatic N) is 1. The Hall–Kier alpha value is -1.59. The summed E-state index contributed by atoms with van der Waals surface area (Å²) >= 11 is 3.38. The van der Waals surface area contributed by atoms with Crippen molar-refractivity contribution in [3.63, 3.8) is 0 Å². The van der Waals surface area contributed by atoms with Crippen LogP contribution in [0.1, 0.15) is 24.2 Å². The van der Waals surface area contributed by atoms with Gasteiger partial charge in [0.2, 0.25) is 0 Å². The molecule has 0 fully saturated rings. The molecule has 0 aliphatic carbocycles. The van der Waals surface area contributed by atoms with Crippen LogP contribution in [-0.4, -0.2) is 19.2 Å². The van der Waals surface area contributed by atoms with Gasteiger partial charge in [-0.2, -0.15) is 0 Å². The molecular weight excluding hydrogens is 332 g/mol. The molecule has 1 N–H and O–H groups in total. The largest absolute Gasteiger partial charge is 0.493 e. The maximum atomic E-state index is 5.33. The van der Waals surface area contributed by atoms with Gasteiger partial charge in [0.25, 0.3) is 0 Å². The van der Waals surface area contributed by atoms with E-state index in [9.17, 15) is 0 Å². The van der Waals surface area contributed by atoms with E-state index in [1.807, 2.05) is 30.3 Å². The van der Waals surface area contributed by atoms with E-state index in [-0.39, 0.29) is 6.04 Å². The highest BCUT2D eigenvalue weighted by Crippen LogP contribution is 2.29. The molecule has 1 aromatic carbocycles. The molecular formula is C16H19BrN2O2. The fourth-order valence-electron chi connectivity index (χ4n) is 2.01. The number of benzene rings is 1. The standard InChI is InChI=1S/C16H19BrN2O2/c1-11(18-10-14-6-5-13(17)9-19-14)12-4-7-15(20-2)16(8-12)21-3/h4-9,11,18H,10H2,1-3H3. The summed E-state index contributed by atoms with van der Waals surface area (Å²) in [5, 5.41) is 3.45. The summed E-state index contributed by atoms with van der Waals surface area (Å²) < 4.78 is 11.6. The van der Waals surface area contributed by atoms with Gasteiger partial charge in [0.15, 0.2) is 11.5 Å². The van der Waals surface area contributed by atoms with E-state index >= 15 is 0 Å². The van der Waals surface area contributed by atoms with E-state index in [2.05, 4.69) is 33.2 Å². The Balaban J connectivity index is 2.02. The molecule has 1 heterocycles. The first-order valence-electron chi connectivity index (χ1n) is 6.69. The van der Waals surface area contributed by atoms with Gasteiger partial charge in [-0.05, 0) is 52.7 Å². The van der Waals surface area contributed by atoms with Crippen molar-refractivity contribution in [3.05, 3.63) is 52.3 Å². The number of ether oxygens (including phenoxy) is 2. The van der Waals surface area contributed by atoms with Crippen LogP contribution in [0.4, 0.5) is 0 Å². The topological polar surface area (TPSA) is 43.4 Å². The summed E-state index contributed by atoms with van der Waals surface area (Å²) in [4.78, 5) is 4.35. The third-order valence-corrected chi connectivity index (χ3v) is 3.75. The molecule has 0 bridgehead atoms. The van der Waals surface area contributed by atoms with Gasteiger partial charge in [-0.25, -0.2) is 0 Å². The van der Waals surface area contributed by atoms with Crippen LogP contribution in [0, 0.1) is 0 Å². The zero-order chi connectivity index (χ0) is 15.2. The molecule has 0 saturated heterocycles. The van der Waals surface area contributed by atoms with Crippen molar-refractivity contribution in [2.75, 3.05) is 14.2 Å². The minimum atomic E-state index is 0.190. The van der Waals surface area contributed by atoms with Crippen LogP contribution in [-0.2, 0) is 6.54 Å². The maximum Gasteiger partial charge on any atom is 0.161 e. The number of nitrogens with one attached hydrogen (secondary N) is 1. The molecule has 1 atom stereocenters. The van der Waals surface area contributed by atoms with Gasteiger partial charge in [0.1, 0.15) is 0 Å². The molecule has 0 radical (unpaired) electrons. The van der Waals surface area contributed by atoms with Gasteiger partial charge in [0, 0.05) is 23.3 Å². The monoisotopic (exact) mass is 350 g/mol. The second-order valence-electron chi connectivity index (χ2n) is 4.68. The maximum absolute atomic E-state index is 5.33. The second kappa shape index (κ2) is 7.43. The second-order valence-corrected chi connectivity index (χ2v) is 5.60. The first-order chi connectivity index (χ1) is 10.1. The van der Waals surface area contributed by atoms with Crippen LogP contribution in [0.5, 0.6) is 11.5 Å². The molecule has 0 spiro atoms. The summed E-state index contributed by atoms with van der Waals surface area (Å²) in [6.07, 6.45) is 1.80.